The van der Waals surface area contributed by atoms with Gasteiger partial charge in [0.1, 0.15) is 35.8 Å². The average molecular weight is 651 g/mol. The molecule has 2 aromatic carbocycles. The summed E-state index contributed by atoms with van der Waals surface area (Å²) in [4.78, 5) is 47.9. The van der Waals surface area contributed by atoms with Crippen LogP contribution < -0.4 is 16.0 Å². The Balaban J connectivity index is 1.36. The number of amidine groups is 1. The molecule has 1 amide bonds. The predicted octanol–water partition coefficient (Wildman–Crippen LogP) is 0.337. The van der Waals surface area contributed by atoms with Gasteiger partial charge in [0.05, 0.1) is 24.0 Å². The lowest BCUT2D eigenvalue weighted by molar-refractivity contribution is -0.286. The fourth-order valence-electron chi connectivity index (χ4n) is 4.86. The molecular weight excluding hydrogens is 614 g/mol. The molecule has 8 N–H and O–H groups in total. The van der Waals surface area contributed by atoms with E-state index in [9.17, 15) is 34.8 Å². The average Bonchev–Trinajstić information content (AvgIpc) is 3.46. The molecule has 0 bridgehead atoms. The standard InChI is InChI=1S/C31H33N7O9/c1-37-20-10-7-17(14-19(20)36-22(37)15-35-18-8-5-16(6-9-18)28(32)33)29(43)38(21-4-2-3-12-34-21)13-11-23(39)46-31-26(42)24(40)25(41)27(47-31)30(44)45/h2-10,12,14,24-27,31,35,40-42H,11,13,15H2,1H3,(H3,32,33)(H,44,45)/t24-,25-,26+,27-,31+/m0/s1/i1D3. The molecule has 1 aliphatic heterocycles. The van der Waals surface area contributed by atoms with E-state index in [1.54, 1.807) is 36.4 Å². The lowest BCUT2D eigenvalue weighted by atomic mass is 9.99. The number of rotatable bonds is 11. The number of aliphatic hydroxyl groups is 3. The number of nitrogens with two attached hydrogens (primary N) is 1. The smallest absolute Gasteiger partial charge is 0.335 e. The van der Waals surface area contributed by atoms with Gasteiger partial charge < -0.3 is 45.5 Å². The number of nitrogens with zero attached hydrogens (tertiary/aromatic N) is 4. The fraction of sp³-hybridized carbons (Fsp3) is 0.290. The Hall–Kier alpha value is -5.42. The second kappa shape index (κ2) is 13.9. The third-order valence-electron chi connectivity index (χ3n) is 7.39. The molecular formula is C31H33N7O9. The molecule has 1 saturated heterocycles. The van der Waals surface area contributed by atoms with Gasteiger partial charge >= 0.3 is 11.9 Å². The van der Waals surface area contributed by atoms with Crippen LogP contribution in [0, 0.1) is 5.41 Å². The largest absolute Gasteiger partial charge is 0.479 e. The van der Waals surface area contributed by atoms with E-state index in [0.29, 0.717) is 11.3 Å². The minimum absolute atomic E-state index is 0.000541. The second-order valence-electron chi connectivity index (χ2n) is 10.5. The number of hydrogen-bond donors (Lipinski definition) is 7. The van der Waals surface area contributed by atoms with Crippen LogP contribution in [-0.4, -0.2) is 95.9 Å². The van der Waals surface area contributed by atoms with E-state index in [4.69, 9.17) is 24.7 Å². The van der Waals surface area contributed by atoms with Crippen LogP contribution in [-0.2, 0) is 32.6 Å². The molecule has 0 aliphatic carbocycles. The van der Waals surface area contributed by atoms with Crippen molar-refractivity contribution in [3.05, 3.63) is 83.8 Å². The van der Waals surface area contributed by atoms with E-state index in [1.807, 2.05) is 0 Å². The SMILES string of the molecule is [2H]C([2H])([2H])n1c(CNc2ccc(C(=N)N)cc2)nc2cc(C(=O)N(CCC(=O)O[C@@H]3O[C@H](C(=O)O)[C@@H](O)[C@H](O)[C@H]3O)c3ccccn3)ccc21. The highest BCUT2D eigenvalue weighted by atomic mass is 16.7. The first-order valence-corrected chi connectivity index (χ1v) is 14.2. The lowest BCUT2D eigenvalue weighted by Gasteiger charge is -2.38. The molecule has 1 aliphatic rings. The summed E-state index contributed by atoms with van der Waals surface area (Å²) in [5.74, 6) is -3.11. The van der Waals surface area contributed by atoms with Crippen molar-refractivity contribution in [1.29, 1.82) is 5.41 Å². The Kier molecular flexibility index (Phi) is 8.59. The van der Waals surface area contributed by atoms with Crippen LogP contribution in [0.15, 0.2) is 66.9 Å². The summed E-state index contributed by atoms with van der Waals surface area (Å²) in [6.07, 6.45) is -8.87. The van der Waals surface area contributed by atoms with Gasteiger partial charge in [-0.3, -0.25) is 19.9 Å². The van der Waals surface area contributed by atoms with E-state index in [0.717, 1.165) is 9.47 Å². The quantitative estimate of drug-likeness (QED) is 0.0658. The van der Waals surface area contributed by atoms with Gasteiger partial charge in [-0.1, -0.05) is 6.07 Å². The van der Waals surface area contributed by atoms with Gasteiger partial charge in [0, 0.05) is 40.6 Å². The van der Waals surface area contributed by atoms with Crippen molar-refractivity contribution in [2.75, 3.05) is 16.8 Å². The van der Waals surface area contributed by atoms with E-state index >= 15 is 0 Å². The number of carbonyl (C=O) groups excluding carboxylic acids is 2. The molecule has 2 aromatic heterocycles. The number of carboxylic acids is 1. The number of carboxylic acid groups (broad SMARTS) is 1. The first-order valence-electron chi connectivity index (χ1n) is 15.7. The molecule has 5 atom stereocenters. The van der Waals surface area contributed by atoms with Crippen LogP contribution >= 0.6 is 0 Å². The number of nitrogen functional groups attached to an aromatic ring is 1. The summed E-state index contributed by atoms with van der Waals surface area (Å²) in [6.45, 7) is -2.94. The Morgan fingerprint density at radius 3 is 2.49 bits per heavy atom. The molecule has 246 valence electrons. The molecule has 0 radical (unpaired) electrons. The minimum atomic E-state index is -2.62. The Morgan fingerprint density at radius 2 is 1.83 bits per heavy atom. The van der Waals surface area contributed by atoms with E-state index < -0.39 is 61.9 Å². The Bertz CT molecular complexity index is 1890. The number of aryl methyl sites for hydroxylation is 1. The highest BCUT2D eigenvalue weighted by Gasteiger charge is 2.48. The molecule has 3 heterocycles. The predicted molar refractivity (Wildman–Crippen MR) is 166 cm³/mol. The number of fused-ring (bicyclic) bond motifs is 1. The zero-order valence-electron chi connectivity index (χ0n) is 27.6. The summed E-state index contributed by atoms with van der Waals surface area (Å²) in [6, 6.07) is 15.6. The fourth-order valence-corrected chi connectivity index (χ4v) is 4.86. The summed E-state index contributed by atoms with van der Waals surface area (Å²) in [5, 5.41) is 49.9. The van der Waals surface area contributed by atoms with Gasteiger partial charge in [0.15, 0.2) is 6.10 Å². The summed E-state index contributed by atoms with van der Waals surface area (Å²) in [5.41, 5.74) is 7.17. The normalized spacial score (nSPS) is 22.0. The minimum Gasteiger partial charge on any atom is -0.479 e. The number of aromatic nitrogens is 3. The maximum Gasteiger partial charge on any atom is 0.335 e. The van der Waals surface area contributed by atoms with Gasteiger partial charge in [0.2, 0.25) is 6.29 Å². The van der Waals surface area contributed by atoms with Crippen molar-refractivity contribution in [1.82, 2.24) is 14.5 Å². The monoisotopic (exact) mass is 650 g/mol. The topological polar surface area (TPSA) is 246 Å². The number of anilines is 2. The van der Waals surface area contributed by atoms with Crippen LogP contribution in [0.2, 0.25) is 0 Å². The first kappa shape index (κ1) is 29.0. The highest BCUT2D eigenvalue weighted by Crippen LogP contribution is 2.24. The van der Waals surface area contributed by atoms with Gasteiger partial charge in [0.25, 0.3) is 5.91 Å². The number of nitrogens with one attached hydrogen (secondary N) is 2. The summed E-state index contributed by atoms with van der Waals surface area (Å²) < 4.78 is 35.5. The molecule has 16 heteroatoms. The number of amides is 1. The van der Waals surface area contributed by atoms with Crippen LogP contribution in [0.25, 0.3) is 11.0 Å². The zero-order chi connectivity index (χ0) is 36.3. The third-order valence-corrected chi connectivity index (χ3v) is 7.39. The van der Waals surface area contributed by atoms with Gasteiger partial charge in [-0.05, 0) is 54.6 Å². The van der Waals surface area contributed by atoms with Crippen molar-refractivity contribution in [3.8, 4) is 0 Å². The third kappa shape index (κ3) is 7.20. The van der Waals surface area contributed by atoms with Crippen molar-refractivity contribution in [2.45, 2.75) is 43.7 Å². The number of aliphatic hydroxyl groups excluding tert-OH is 3. The van der Waals surface area contributed by atoms with Crippen molar-refractivity contribution < 1.29 is 48.4 Å². The number of carbonyl (C=O) groups is 3. The Labute approximate surface area is 271 Å². The maximum atomic E-state index is 13.9. The number of imidazole rings is 1. The first-order chi connectivity index (χ1) is 23.6. The number of ether oxygens (including phenoxy) is 2. The van der Waals surface area contributed by atoms with Crippen LogP contribution in [0.5, 0.6) is 0 Å². The van der Waals surface area contributed by atoms with Gasteiger partial charge in [-0.25, -0.2) is 14.8 Å². The zero-order valence-corrected chi connectivity index (χ0v) is 24.6. The maximum absolute atomic E-state index is 13.9. The molecule has 5 rings (SSSR count). The molecule has 4 aromatic rings. The van der Waals surface area contributed by atoms with Crippen LogP contribution in [0.4, 0.5) is 11.5 Å². The van der Waals surface area contributed by atoms with E-state index in [1.165, 1.54) is 30.5 Å². The lowest BCUT2D eigenvalue weighted by Crippen LogP contribution is -2.60. The summed E-state index contributed by atoms with van der Waals surface area (Å²) in [7, 11) is 0. The molecule has 0 spiro atoms. The van der Waals surface area contributed by atoms with Crippen molar-refractivity contribution in [2.24, 2.45) is 12.7 Å². The number of benzene rings is 2. The van der Waals surface area contributed by atoms with E-state index in [-0.39, 0.29) is 47.2 Å². The highest BCUT2D eigenvalue weighted by molar-refractivity contribution is 6.07. The Morgan fingerprint density at radius 1 is 1.09 bits per heavy atom. The van der Waals surface area contributed by atoms with Crippen LogP contribution in [0.1, 0.15) is 32.3 Å². The van der Waals surface area contributed by atoms with Gasteiger partial charge in [-0.2, -0.15) is 0 Å². The molecule has 47 heavy (non-hydrogen) atoms. The number of hydrogen-bond acceptors (Lipinski definition) is 12. The van der Waals surface area contributed by atoms with E-state index in [2.05, 4.69) is 15.3 Å². The number of pyridine rings is 1. The number of esters is 1. The number of aliphatic carboxylic acids is 1. The molecule has 0 unspecified atom stereocenters. The molecule has 1 fully saturated rings. The molecule has 16 nitrogen and oxygen atoms in total. The summed E-state index contributed by atoms with van der Waals surface area (Å²) >= 11 is 0. The van der Waals surface area contributed by atoms with Crippen molar-refractivity contribution >= 4 is 46.2 Å². The van der Waals surface area contributed by atoms with Crippen molar-refractivity contribution in [3.63, 3.8) is 0 Å². The second-order valence-corrected chi connectivity index (χ2v) is 10.5. The van der Waals surface area contributed by atoms with Gasteiger partial charge in [-0.15, -0.1) is 0 Å². The van der Waals surface area contributed by atoms with Crippen LogP contribution in [0.3, 0.4) is 0 Å². The molecule has 0 saturated carbocycles.